The van der Waals surface area contributed by atoms with E-state index in [1.165, 1.54) is 77.0 Å². The zero-order chi connectivity index (χ0) is 43.0. The van der Waals surface area contributed by atoms with Crippen LogP contribution < -0.4 is 0 Å². The Balaban J connectivity index is 4.54. The second kappa shape index (κ2) is 47.0. The third-order valence-electron chi connectivity index (χ3n) is 9.67. The lowest BCUT2D eigenvalue weighted by molar-refractivity contribution is -0.167. The van der Waals surface area contributed by atoms with Gasteiger partial charge < -0.3 is 14.2 Å². The average molecular weight is 819 g/mol. The zero-order valence-electron chi connectivity index (χ0n) is 38.0. The van der Waals surface area contributed by atoms with Gasteiger partial charge in [0, 0.05) is 19.3 Å². The third-order valence-corrected chi connectivity index (χ3v) is 9.67. The summed E-state index contributed by atoms with van der Waals surface area (Å²) >= 11 is 0. The predicted molar refractivity (Wildman–Crippen MR) is 251 cm³/mol. The highest BCUT2D eigenvalue weighted by Gasteiger charge is 2.19. The molecule has 0 saturated heterocycles. The molecular weight excluding hydrogens is 733 g/mol. The monoisotopic (exact) mass is 819 g/mol. The molecule has 0 aromatic carbocycles. The van der Waals surface area contributed by atoms with Gasteiger partial charge in [-0.3, -0.25) is 14.4 Å². The summed E-state index contributed by atoms with van der Waals surface area (Å²) in [5.41, 5.74) is 0. The van der Waals surface area contributed by atoms with Crippen molar-refractivity contribution < 1.29 is 28.6 Å². The van der Waals surface area contributed by atoms with Gasteiger partial charge >= 0.3 is 17.9 Å². The van der Waals surface area contributed by atoms with E-state index >= 15 is 0 Å². The normalized spacial score (nSPS) is 12.9. The Bertz CT molecular complexity index is 1220. The molecule has 0 rings (SSSR count). The third kappa shape index (κ3) is 45.3. The number of carbonyl (C=O) groups is 3. The van der Waals surface area contributed by atoms with E-state index in [1.807, 2.05) is 36.5 Å². The number of esters is 3. The first-order valence-corrected chi connectivity index (χ1v) is 23.8. The van der Waals surface area contributed by atoms with Gasteiger partial charge in [-0.25, -0.2) is 0 Å². The molecule has 0 aromatic rings. The Hall–Kier alpha value is -3.67. The van der Waals surface area contributed by atoms with Gasteiger partial charge in [0.15, 0.2) is 6.10 Å². The summed E-state index contributed by atoms with van der Waals surface area (Å²) < 4.78 is 16.6. The first kappa shape index (κ1) is 55.3. The van der Waals surface area contributed by atoms with Crippen molar-refractivity contribution in [2.45, 2.75) is 207 Å². The molecule has 0 bridgehead atoms. The van der Waals surface area contributed by atoms with Crippen LogP contribution in [0.5, 0.6) is 0 Å². The van der Waals surface area contributed by atoms with Crippen molar-refractivity contribution in [2.24, 2.45) is 0 Å². The smallest absolute Gasteiger partial charge is 0.306 e. The molecule has 0 aliphatic carbocycles. The van der Waals surface area contributed by atoms with Gasteiger partial charge in [-0.2, -0.15) is 0 Å². The van der Waals surface area contributed by atoms with E-state index in [9.17, 15) is 14.4 Å². The first-order chi connectivity index (χ1) is 29.0. The van der Waals surface area contributed by atoms with Crippen LogP contribution in [0.4, 0.5) is 0 Å². The van der Waals surface area contributed by atoms with Gasteiger partial charge in [-0.1, -0.05) is 201 Å². The number of hydrogen-bond donors (Lipinski definition) is 0. The summed E-state index contributed by atoms with van der Waals surface area (Å²) in [5, 5.41) is 0. The van der Waals surface area contributed by atoms with Crippen molar-refractivity contribution in [3.05, 3.63) is 97.2 Å². The highest BCUT2D eigenvalue weighted by Crippen LogP contribution is 2.13. The fraction of sp³-hybridized carbons (Fsp3) is 0.642. The molecule has 0 radical (unpaired) electrons. The number of rotatable bonds is 41. The Morgan fingerprint density at radius 2 is 0.746 bits per heavy atom. The standard InChI is InChI=1S/C53H86O6/c1-4-7-10-13-16-19-22-24-25-26-27-29-31-34-37-40-43-46-52(55)58-49-50(48-57-51(54)45-42-39-36-33-30-21-18-15-12-9-6-3)59-53(56)47-44-41-38-35-32-28-23-20-17-14-11-8-5-2/h8,11,14,16-17,19-20,23-25,27-29,32,34,37,50H,4-7,9-10,12-13,15,18,21-22,26,30-31,33,35-36,38-49H2,1-3H3/b11-8-,17-14-,19-16-,23-20-,25-24-,29-27-,32-28-,37-34-. The van der Waals surface area contributed by atoms with Crippen molar-refractivity contribution in [1.29, 1.82) is 0 Å². The second-order valence-corrected chi connectivity index (χ2v) is 15.4. The summed E-state index contributed by atoms with van der Waals surface area (Å²) in [5.74, 6) is -1.02. The van der Waals surface area contributed by atoms with Crippen LogP contribution in [0.3, 0.4) is 0 Å². The van der Waals surface area contributed by atoms with Crippen molar-refractivity contribution in [2.75, 3.05) is 13.2 Å². The number of unbranched alkanes of at least 4 members (excludes halogenated alkanes) is 17. The lowest BCUT2D eigenvalue weighted by Crippen LogP contribution is -2.30. The van der Waals surface area contributed by atoms with Crippen molar-refractivity contribution >= 4 is 17.9 Å². The van der Waals surface area contributed by atoms with Crippen LogP contribution in [-0.4, -0.2) is 37.2 Å². The van der Waals surface area contributed by atoms with E-state index in [2.05, 4.69) is 81.5 Å². The molecular formula is C53H86O6. The molecule has 0 aliphatic heterocycles. The molecule has 0 amide bonds. The lowest BCUT2D eigenvalue weighted by Gasteiger charge is -2.18. The molecule has 0 N–H and O–H groups in total. The number of allylic oxidation sites excluding steroid dienone is 16. The van der Waals surface area contributed by atoms with Gasteiger partial charge in [0.2, 0.25) is 0 Å². The van der Waals surface area contributed by atoms with Gasteiger partial charge in [0.1, 0.15) is 13.2 Å². The molecule has 0 heterocycles. The highest BCUT2D eigenvalue weighted by molar-refractivity contribution is 5.71. The molecule has 1 unspecified atom stereocenters. The van der Waals surface area contributed by atoms with Crippen LogP contribution in [0.15, 0.2) is 97.2 Å². The Morgan fingerprint density at radius 1 is 0.373 bits per heavy atom. The molecule has 6 heteroatoms. The molecule has 334 valence electrons. The van der Waals surface area contributed by atoms with Crippen molar-refractivity contribution in [3.8, 4) is 0 Å². The van der Waals surface area contributed by atoms with E-state index < -0.39 is 6.10 Å². The maximum Gasteiger partial charge on any atom is 0.306 e. The van der Waals surface area contributed by atoms with Gasteiger partial charge in [0.25, 0.3) is 0 Å². The van der Waals surface area contributed by atoms with Gasteiger partial charge in [-0.05, 0) is 77.0 Å². The minimum Gasteiger partial charge on any atom is -0.462 e. The van der Waals surface area contributed by atoms with E-state index in [4.69, 9.17) is 14.2 Å². The fourth-order valence-electron chi connectivity index (χ4n) is 6.09. The molecule has 0 aliphatic rings. The first-order valence-electron chi connectivity index (χ1n) is 23.8. The lowest BCUT2D eigenvalue weighted by atomic mass is 10.1. The number of carbonyl (C=O) groups excluding carboxylic acids is 3. The largest absolute Gasteiger partial charge is 0.462 e. The molecule has 59 heavy (non-hydrogen) atoms. The molecule has 0 aromatic heterocycles. The van der Waals surface area contributed by atoms with Crippen LogP contribution in [0.1, 0.15) is 201 Å². The van der Waals surface area contributed by atoms with Crippen molar-refractivity contribution in [1.82, 2.24) is 0 Å². The summed E-state index contributed by atoms with van der Waals surface area (Å²) in [4.78, 5) is 37.8. The van der Waals surface area contributed by atoms with Crippen LogP contribution >= 0.6 is 0 Å². The van der Waals surface area contributed by atoms with Crippen molar-refractivity contribution in [3.63, 3.8) is 0 Å². The molecule has 0 saturated carbocycles. The van der Waals surface area contributed by atoms with E-state index in [-0.39, 0.29) is 44.0 Å². The SMILES string of the molecule is CC\C=C/C=C\C=C/C=C\CCCCCC(=O)OC(COC(=O)CCC/C=C\C/C=C\C/C=C\C/C=C\CCCCC)COC(=O)CCCCCCCCCCCCC. The maximum absolute atomic E-state index is 12.7. The van der Waals surface area contributed by atoms with E-state index in [0.29, 0.717) is 19.3 Å². The van der Waals surface area contributed by atoms with Gasteiger partial charge in [0.05, 0.1) is 0 Å². The summed E-state index contributed by atoms with van der Waals surface area (Å²) in [6, 6.07) is 0. The average Bonchev–Trinajstić information content (AvgIpc) is 3.23. The van der Waals surface area contributed by atoms with E-state index in [0.717, 1.165) is 70.6 Å². The summed E-state index contributed by atoms with van der Waals surface area (Å²) in [7, 11) is 0. The Kier molecular flexibility index (Phi) is 44.1. The predicted octanol–water partition coefficient (Wildman–Crippen LogP) is 15.4. The molecule has 1 atom stereocenters. The number of ether oxygens (including phenoxy) is 3. The summed E-state index contributed by atoms with van der Waals surface area (Å²) in [6.07, 6.45) is 61.1. The van der Waals surface area contributed by atoms with Crippen LogP contribution in [0.2, 0.25) is 0 Å². The molecule has 0 spiro atoms. The van der Waals surface area contributed by atoms with Crippen LogP contribution in [0.25, 0.3) is 0 Å². The summed E-state index contributed by atoms with van der Waals surface area (Å²) in [6.45, 7) is 6.36. The zero-order valence-corrected chi connectivity index (χ0v) is 38.0. The molecule has 6 nitrogen and oxygen atoms in total. The van der Waals surface area contributed by atoms with Gasteiger partial charge in [-0.15, -0.1) is 0 Å². The van der Waals surface area contributed by atoms with Crippen LogP contribution in [0, 0.1) is 0 Å². The van der Waals surface area contributed by atoms with Crippen LogP contribution in [-0.2, 0) is 28.6 Å². The Labute approximate surface area is 362 Å². The Morgan fingerprint density at radius 3 is 1.29 bits per heavy atom. The quantitative estimate of drug-likeness (QED) is 0.0201. The minimum atomic E-state index is -0.817. The second-order valence-electron chi connectivity index (χ2n) is 15.4. The minimum absolute atomic E-state index is 0.111. The maximum atomic E-state index is 12.7. The number of hydrogen-bond acceptors (Lipinski definition) is 6. The van der Waals surface area contributed by atoms with E-state index in [1.54, 1.807) is 0 Å². The highest BCUT2D eigenvalue weighted by atomic mass is 16.6. The topological polar surface area (TPSA) is 78.9 Å². The fourth-order valence-corrected chi connectivity index (χ4v) is 6.09. The molecule has 0 fully saturated rings.